The van der Waals surface area contributed by atoms with E-state index < -0.39 is 17.4 Å². The zero-order valence-corrected chi connectivity index (χ0v) is 7.03. The number of halogens is 3. The Bertz CT molecular complexity index is 252. The first-order chi connectivity index (χ1) is 5.15. The van der Waals surface area contributed by atoms with Gasteiger partial charge in [0, 0.05) is 5.33 Å². The van der Waals surface area contributed by atoms with Gasteiger partial charge < -0.3 is 5.11 Å². The molecule has 11 heavy (non-hydrogen) atoms. The van der Waals surface area contributed by atoms with Gasteiger partial charge in [0.1, 0.15) is 0 Å². The minimum absolute atomic E-state index is 0.362. The van der Waals surface area contributed by atoms with Crippen LogP contribution in [-0.2, 0) is 5.33 Å². The molecule has 0 saturated heterocycles. The highest BCUT2D eigenvalue weighted by Gasteiger charge is 2.07. The predicted molar refractivity (Wildman–Crippen MR) is 40.7 cm³/mol. The van der Waals surface area contributed by atoms with Crippen LogP contribution >= 0.6 is 15.9 Å². The largest absolute Gasteiger partial charge is 0.503 e. The van der Waals surface area contributed by atoms with Gasteiger partial charge in [-0.05, 0) is 17.7 Å². The first-order valence-corrected chi connectivity index (χ1v) is 4.00. The molecule has 0 aliphatic rings. The van der Waals surface area contributed by atoms with Crippen molar-refractivity contribution in [1.82, 2.24) is 0 Å². The molecule has 60 valence electrons. The molecule has 0 radical (unpaired) electrons. The van der Waals surface area contributed by atoms with Gasteiger partial charge in [-0.15, -0.1) is 0 Å². The molecule has 0 aliphatic heterocycles. The molecule has 4 heteroatoms. The lowest BCUT2D eigenvalue weighted by Gasteiger charge is -1.99. The van der Waals surface area contributed by atoms with Gasteiger partial charge in [-0.25, -0.2) is 8.78 Å². The van der Waals surface area contributed by atoms with Gasteiger partial charge in [-0.1, -0.05) is 15.9 Å². The lowest BCUT2D eigenvalue weighted by Crippen LogP contribution is -1.86. The highest BCUT2D eigenvalue weighted by Crippen LogP contribution is 2.22. The molecule has 0 aromatic heterocycles. The monoisotopic (exact) mass is 222 g/mol. The van der Waals surface area contributed by atoms with Crippen molar-refractivity contribution < 1.29 is 13.9 Å². The Morgan fingerprint density at radius 1 is 1.27 bits per heavy atom. The van der Waals surface area contributed by atoms with Crippen molar-refractivity contribution >= 4 is 15.9 Å². The number of phenols is 1. The van der Waals surface area contributed by atoms with Crippen LogP contribution in [0.15, 0.2) is 12.1 Å². The quantitative estimate of drug-likeness (QED) is 0.725. The lowest BCUT2D eigenvalue weighted by molar-refractivity contribution is 0.395. The van der Waals surface area contributed by atoms with E-state index in [4.69, 9.17) is 5.11 Å². The first-order valence-electron chi connectivity index (χ1n) is 2.88. The fourth-order valence-electron chi connectivity index (χ4n) is 0.695. The summed E-state index contributed by atoms with van der Waals surface area (Å²) in [5.41, 5.74) is 0.456. The molecule has 0 saturated carbocycles. The standard InChI is InChI=1S/C7H5BrF2O/c8-3-4-1-5(9)7(11)6(10)2-4/h1-2,11H,3H2. The van der Waals surface area contributed by atoms with Crippen molar-refractivity contribution in [3.05, 3.63) is 29.3 Å². The van der Waals surface area contributed by atoms with Crippen molar-refractivity contribution in [2.24, 2.45) is 0 Å². The average molecular weight is 223 g/mol. The van der Waals surface area contributed by atoms with Crippen molar-refractivity contribution in [2.45, 2.75) is 5.33 Å². The van der Waals surface area contributed by atoms with Crippen LogP contribution in [0.25, 0.3) is 0 Å². The van der Waals surface area contributed by atoms with E-state index in [0.29, 0.717) is 10.9 Å². The van der Waals surface area contributed by atoms with Crippen LogP contribution in [-0.4, -0.2) is 5.11 Å². The molecule has 1 nitrogen and oxygen atoms in total. The molecule has 0 heterocycles. The van der Waals surface area contributed by atoms with Crippen molar-refractivity contribution in [2.75, 3.05) is 0 Å². The highest BCUT2D eigenvalue weighted by molar-refractivity contribution is 9.08. The molecular formula is C7H5BrF2O. The summed E-state index contributed by atoms with van der Waals surface area (Å²) >= 11 is 3.04. The topological polar surface area (TPSA) is 20.2 Å². The average Bonchev–Trinajstić information content (AvgIpc) is 1.99. The van der Waals surface area contributed by atoms with E-state index in [0.717, 1.165) is 12.1 Å². The number of rotatable bonds is 1. The summed E-state index contributed by atoms with van der Waals surface area (Å²) < 4.78 is 25.0. The van der Waals surface area contributed by atoms with E-state index >= 15 is 0 Å². The number of hydrogen-bond acceptors (Lipinski definition) is 1. The fraction of sp³-hybridized carbons (Fsp3) is 0.143. The van der Waals surface area contributed by atoms with Crippen LogP contribution in [0.5, 0.6) is 5.75 Å². The van der Waals surface area contributed by atoms with E-state index in [1.807, 2.05) is 0 Å². The summed E-state index contributed by atoms with van der Waals surface area (Å²) in [6.07, 6.45) is 0. The number of benzene rings is 1. The van der Waals surface area contributed by atoms with E-state index in [-0.39, 0.29) is 0 Å². The Morgan fingerprint density at radius 2 is 1.73 bits per heavy atom. The van der Waals surface area contributed by atoms with Gasteiger partial charge in [0.05, 0.1) is 0 Å². The summed E-state index contributed by atoms with van der Waals surface area (Å²) in [5.74, 6) is -2.78. The number of phenolic OH excluding ortho intramolecular Hbond substituents is 1. The predicted octanol–water partition coefficient (Wildman–Crippen LogP) is 2.57. The maximum Gasteiger partial charge on any atom is 0.187 e. The maximum atomic E-state index is 12.5. The molecule has 0 bridgehead atoms. The minimum Gasteiger partial charge on any atom is -0.503 e. The van der Waals surface area contributed by atoms with Gasteiger partial charge >= 0.3 is 0 Å². The molecule has 0 fully saturated rings. The van der Waals surface area contributed by atoms with Crippen molar-refractivity contribution in [1.29, 1.82) is 0 Å². The summed E-state index contributed by atoms with van der Waals surface area (Å²) in [4.78, 5) is 0. The molecule has 1 aromatic rings. The Hall–Kier alpha value is -0.640. The zero-order valence-electron chi connectivity index (χ0n) is 5.44. The normalized spacial score (nSPS) is 10.1. The molecule has 0 amide bonds. The van der Waals surface area contributed by atoms with E-state index in [9.17, 15) is 8.78 Å². The van der Waals surface area contributed by atoms with E-state index in [2.05, 4.69) is 15.9 Å². The van der Waals surface area contributed by atoms with Crippen LogP contribution in [0.2, 0.25) is 0 Å². The van der Waals surface area contributed by atoms with Crippen LogP contribution < -0.4 is 0 Å². The third-order valence-electron chi connectivity index (χ3n) is 1.23. The molecule has 1 rings (SSSR count). The van der Waals surface area contributed by atoms with Crippen LogP contribution in [0.4, 0.5) is 8.78 Å². The second kappa shape index (κ2) is 3.17. The Morgan fingerprint density at radius 3 is 2.09 bits per heavy atom. The maximum absolute atomic E-state index is 12.5. The Kier molecular flexibility index (Phi) is 2.44. The van der Waals surface area contributed by atoms with E-state index in [1.165, 1.54) is 0 Å². The second-order valence-electron chi connectivity index (χ2n) is 2.04. The summed E-state index contributed by atoms with van der Waals surface area (Å²) in [7, 11) is 0. The van der Waals surface area contributed by atoms with Gasteiger partial charge in [0.15, 0.2) is 17.4 Å². The summed E-state index contributed by atoms with van der Waals surface area (Å²) in [6.45, 7) is 0. The smallest absolute Gasteiger partial charge is 0.187 e. The van der Waals surface area contributed by atoms with Crippen molar-refractivity contribution in [3.63, 3.8) is 0 Å². The fourth-order valence-corrected chi connectivity index (χ4v) is 1.02. The summed E-state index contributed by atoms with van der Waals surface area (Å²) in [6, 6.07) is 2.15. The number of alkyl halides is 1. The van der Waals surface area contributed by atoms with Gasteiger partial charge in [-0.3, -0.25) is 0 Å². The third kappa shape index (κ3) is 1.68. The van der Waals surface area contributed by atoms with E-state index in [1.54, 1.807) is 0 Å². The number of aromatic hydroxyl groups is 1. The van der Waals surface area contributed by atoms with Gasteiger partial charge in [0.25, 0.3) is 0 Å². The SMILES string of the molecule is Oc1c(F)cc(CBr)cc1F. The first kappa shape index (κ1) is 8.46. The third-order valence-corrected chi connectivity index (χ3v) is 1.88. The number of hydrogen-bond donors (Lipinski definition) is 1. The molecule has 0 atom stereocenters. The zero-order chi connectivity index (χ0) is 8.43. The van der Waals surface area contributed by atoms with Gasteiger partial charge in [-0.2, -0.15) is 0 Å². The lowest BCUT2D eigenvalue weighted by atomic mass is 10.2. The van der Waals surface area contributed by atoms with Crippen LogP contribution in [0, 0.1) is 11.6 Å². The molecule has 0 aliphatic carbocycles. The van der Waals surface area contributed by atoms with Crippen LogP contribution in [0.3, 0.4) is 0 Å². The summed E-state index contributed by atoms with van der Waals surface area (Å²) in [5, 5.41) is 9.02. The molecule has 0 unspecified atom stereocenters. The van der Waals surface area contributed by atoms with Crippen molar-refractivity contribution in [3.8, 4) is 5.75 Å². The molecule has 1 N–H and O–H groups in total. The Labute approximate surface area is 70.8 Å². The molecule has 1 aromatic carbocycles. The van der Waals surface area contributed by atoms with Crippen LogP contribution in [0.1, 0.15) is 5.56 Å². The Balaban J connectivity index is 3.21. The molecular weight excluding hydrogens is 218 g/mol. The highest BCUT2D eigenvalue weighted by atomic mass is 79.9. The molecule has 0 spiro atoms. The second-order valence-corrected chi connectivity index (χ2v) is 2.60. The minimum atomic E-state index is -0.931. The van der Waals surface area contributed by atoms with Gasteiger partial charge in [0.2, 0.25) is 0 Å².